The third kappa shape index (κ3) is 1.01. The molecule has 0 aliphatic carbocycles. The van der Waals surface area contributed by atoms with E-state index in [0.29, 0.717) is 0 Å². The molecule has 0 aromatic carbocycles. The molecule has 0 fully saturated rings. The number of nitrogens with one attached hydrogen (secondary N) is 1. The van der Waals surface area contributed by atoms with Crippen molar-refractivity contribution in [2.45, 2.75) is 6.92 Å². The van der Waals surface area contributed by atoms with Crippen molar-refractivity contribution in [3.05, 3.63) is 17.0 Å². The summed E-state index contributed by atoms with van der Waals surface area (Å²) >= 11 is 1.72. The van der Waals surface area contributed by atoms with Gasteiger partial charge in [0, 0.05) is 0 Å². The van der Waals surface area contributed by atoms with Crippen LogP contribution in [0.25, 0.3) is 0 Å². The molecule has 8 heavy (non-hydrogen) atoms. The van der Waals surface area contributed by atoms with Crippen molar-refractivity contribution in [3.8, 4) is 0 Å². The van der Waals surface area contributed by atoms with Crippen LogP contribution in [0.15, 0.2) is 11.4 Å². The number of anilines is 1. The standard InChI is InChI=1S/C5H8NPS/c1-4-2-3-8-5(4)6-7/h2-3,6H,7H2,1H3. The molecule has 0 saturated heterocycles. The minimum absolute atomic E-state index is 1.23. The van der Waals surface area contributed by atoms with Gasteiger partial charge in [-0.25, -0.2) is 0 Å². The van der Waals surface area contributed by atoms with Crippen LogP contribution in [0.2, 0.25) is 0 Å². The maximum absolute atomic E-state index is 3.01. The fraction of sp³-hybridized carbons (Fsp3) is 0.200. The lowest BCUT2D eigenvalue weighted by Crippen LogP contribution is -1.73. The Kier molecular flexibility index (Phi) is 1.87. The maximum atomic E-state index is 3.01. The molecule has 1 rings (SSSR count). The molecule has 0 aliphatic rings. The molecule has 0 amide bonds. The highest BCUT2D eigenvalue weighted by molar-refractivity contribution is 7.23. The molecule has 0 saturated carbocycles. The summed E-state index contributed by atoms with van der Waals surface area (Å²) in [4.78, 5) is 0. The Morgan fingerprint density at radius 1 is 1.75 bits per heavy atom. The Balaban J connectivity index is 2.92. The third-order valence-corrected chi connectivity index (χ3v) is 2.44. The van der Waals surface area contributed by atoms with E-state index in [2.05, 4.69) is 32.8 Å². The van der Waals surface area contributed by atoms with Crippen molar-refractivity contribution in [2.24, 2.45) is 0 Å². The second-order valence-electron chi connectivity index (χ2n) is 1.58. The van der Waals surface area contributed by atoms with E-state index >= 15 is 0 Å². The number of hydrogen-bond donors (Lipinski definition) is 1. The number of aryl methyl sites for hydroxylation is 1. The highest BCUT2D eigenvalue weighted by atomic mass is 32.1. The van der Waals surface area contributed by atoms with Gasteiger partial charge < -0.3 is 5.09 Å². The molecule has 1 nitrogen and oxygen atoms in total. The summed E-state index contributed by atoms with van der Waals surface area (Å²) in [5.41, 5.74) is 1.31. The van der Waals surface area contributed by atoms with Gasteiger partial charge in [0.05, 0.1) is 5.00 Å². The van der Waals surface area contributed by atoms with Gasteiger partial charge in [-0.1, -0.05) is 0 Å². The van der Waals surface area contributed by atoms with Crippen LogP contribution < -0.4 is 5.09 Å². The van der Waals surface area contributed by atoms with Gasteiger partial charge in [0.2, 0.25) is 0 Å². The molecule has 1 unspecified atom stereocenters. The van der Waals surface area contributed by atoms with E-state index in [-0.39, 0.29) is 0 Å². The summed E-state index contributed by atoms with van der Waals surface area (Å²) in [5.74, 6) is 0. The molecule has 1 heterocycles. The average molecular weight is 145 g/mol. The van der Waals surface area contributed by atoms with Gasteiger partial charge in [0.15, 0.2) is 0 Å². The van der Waals surface area contributed by atoms with Gasteiger partial charge in [-0.15, -0.1) is 11.3 Å². The second-order valence-corrected chi connectivity index (χ2v) is 2.78. The van der Waals surface area contributed by atoms with E-state index in [1.165, 1.54) is 10.6 Å². The van der Waals surface area contributed by atoms with E-state index in [1.807, 2.05) is 0 Å². The van der Waals surface area contributed by atoms with Crippen LogP contribution in [0, 0.1) is 6.92 Å². The normalized spacial score (nSPS) is 9.25. The molecule has 44 valence electrons. The van der Waals surface area contributed by atoms with Gasteiger partial charge in [-0.2, -0.15) is 0 Å². The molecule has 0 bridgehead atoms. The summed E-state index contributed by atoms with van der Waals surface area (Å²) in [6.45, 7) is 2.09. The lowest BCUT2D eigenvalue weighted by Gasteiger charge is -1.92. The van der Waals surface area contributed by atoms with Crippen molar-refractivity contribution in [1.29, 1.82) is 0 Å². The molecule has 0 radical (unpaired) electrons. The van der Waals surface area contributed by atoms with Gasteiger partial charge in [0.25, 0.3) is 0 Å². The first-order valence-corrected chi connectivity index (χ1v) is 3.81. The topological polar surface area (TPSA) is 12.0 Å². The third-order valence-electron chi connectivity index (χ3n) is 0.993. The Morgan fingerprint density at radius 3 is 2.75 bits per heavy atom. The van der Waals surface area contributed by atoms with Crippen molar-refractivity contribution in [1.82, 2.24) is 0 Å². The number of hydrogen-bond acceptors (Lipinski definition) is 2. The fourth-order valence-corrected chi connectivity index (χ4v) is 1.68. The van der Waals surface area contributed by atoms with Crippen LogP contribution in [0.3, 0.4) is 0 Å². The zero-order valence-electron chi connectivity index (χ0n) is 4.64. The predicted molar refractivity (Wildman–Crippen MR) is 42.4 cm³/mol. The van der Waals surface area contributed by atoms with Crippen LogP contribution in [-0.4, -0.2) is 0 Å². The summed E-state index contributed by atoms with van der Waals surface area (Å²) in [7, 11) is 2.48. The quantitative estimate of drug-likeness (QED) is 0.597. The predicted octanol–water partition coefficient (Wildman–Crippen LogP) is 2.26. The fourth-order valence-electron chi connectivity index (χ4n) is 0.521. The molecular weight excluding hydrogens is 137 g/mol. The van der Waals surface area contributed by atoms with Crippen LogP contribution >= 0.6 is 20.7 Å². The molecule has 1 N–H and O–H groups in total. The number of thiophene rings is 1. The molecular formula is C5H8NPS. The summed E-state index contributed by atoms with van der Waals surface area (Å²) in [5, 5.41) is 6.31. The summed E-state index contributed by atoms with van der Waals surface area (Å²) in [6, 6.07) is 2.09. The van der Waals surface area contributed by atoms with Crippen LogP contribution in [0.1, 0.15) is 5.56 Å². The zero-order chi connectivity index (χ0) is 5.98. The smallest absolute Gasteiger partial charge is 0.0940 e. The molecule has 3 heteroatoms. The minimum Gasteiger partial charge on any atom is -0.361 e. The van der Waals surface area contributed by atoms with Gasteiger partial charge in [-0.05, 0) is 33.3 Å². The maximum Gasteiger partial charge on any atom is 0.0940 e. The largest absolute Gasteiger partial charge is 0.361 e. The van der Waals surface area contributed by atoms with Gasteiger partial charge >= 0.3 is 0 Å². The first kappa shape index (κ1) is 6.06. The molecule has 0 aliphatic heterocycles. The molecule has 0 spiro atoms. The van der Waals surface area contributed by atoms with Crippen molar-refractivity contribution in [3.63, 3.8) is 0 Å². The Bertz CT molecular complexity index is 173. The molecule has 1 aromatic heterocycles. The zero-order valence-corrected chi connectivity index (χ0v) is 6.61. The van der Waals surface area contributed by atoms with E-state index in [1.54, 1.807) is 11.3 Å². The molecule has 1 aromatic rings. The van der Waals surface area contributed by atoms with Crippen LogP contribution in [0.5, 0.6) is 0 Å². The van der Waals surface area contributed by atoms with Gasteiger partial charge in [0.1, 0.15) is 0 Å². The van der Waals surface area contributed by atoms with Crippen molar-refractivity contribution < 1.29 is 0 Å². The summed E-state index contributed by atoms with van der Waals surface area (Å²) in [6.07, 6.45) is 0. The van der Waals surface area contributed by atoms with E-state index in [0.717, 1.165) is 0 Å². The number of rotatable bonds is 1. The van der Waals surface area contributed by atoms with E-state index < -0.39 is 0 Å². The minimum atomic E-state index is 1.23. The van der Waals surface area contributed by atoms with Crippen LogP contribution in [0.4, 0.5) is 5.00 Å². The lowest BCUT2D eigenvalue weighted by molar-refractivity contribution is 1.55. The Hall–Kier alpha value is -0.0700. The van der Waals surface area contributed by atoms with Crippen LogP contribution in [-0.2, 0) is 0 Å². The van der Waals surface area contributed by atoms with E-state index in [4.69, 9.17) is 0 Å². The Morgan fingerprint density at radius 2 is 2.50 bits per heavy atom. The highest BCUT2D eigenvalue weighted by Gasteiger charge is 1.92. The van der Waals surface area contributed by atoms with Crippen molar-refractivity contribution >= 4 is 25.7 Å². The Labute approximate surface area is 55.4 Å². The summed E-state index contributed by atoms with van der Waals surface area (Å²) < 4.78 is 0. The van der Waals surface area contributed by atoms with Crippen molar-refractivity contribution in [2.75, 3.05) is 5.09 Å². The highest BCUT2D eigenvalue weighted by Crippen LogP contribution is 2.22. The monoisotopic (exact) mass is 145 g/mol. The first-order chi connectivity index (χ1) is 3.84. The second kappa shape index (κ2) is 2.47. The average Bonchev–Trinajstić information content (AvgIpc) is 2.14. The van der Waals surface area contributed by atoms with Gasteiger partial charge in [-0.3, -0.25) is 0 Å². The molecule has 1 atom stereocenters. The SMILES string of the molecule is Cc1ccsc1NP. The first-order valence-electron chi connectivity index (χ1n) is 2.35. The lowest BCUT2D eigenvalue weighted by atomic mass is 10.4. The van der Waals surface area contributed by atoms with E-state index in [9.17, 15) is 0 Å².